The molecule has 0 unspecified atom stereocenters. The third-order valence-corrected chi connectivity index (χ3v) is 3.13. The number of hydrogen-bond acceptors (Lipinski definition) is 3. The van der Waals surface area contributed by atoms with Gasteiger partial charge in [0.15, 0.2) is 0 Å². The zero-order valence-electron chi connectivity index (χ0n) is 9.71. The van der Waals surface area contributed by atoms with Gasteiger partial charge in [-0.2, -0.15) is 0 Å². The molecule has 2 aromatic carbocycles. The highest BCUT2D eigenvalue weighted by Gasteiger charge is 2.18. The molecule has 0 aliphatic rings. The SMILES string of the molecule is CN(c1ccccc1)c1ccc(Br)cc1[N+](=O)[O-]. The monoisotopic (exact) mass is 306 g/mol. The largest absolute Gasteiger partial charge is 0.339 e. The molecule has 0 saturated heterocycles. The lowest BCUT2D eigenvalue weighted by Gasteiger charge is -2.19. The molecule has 0 saturated carbocycles. The number of para-hydroxylation sites is 1. The zero-order valence-corrected chi connectivity index (χ0v) is 11.3. The molecule has 2 rings (SSSR count). The smallest absolute Gasteiger partial charge is 0.293 e. The van der Waals surface area contributed by atoms with Gasteiger partial charge in [0.2, 0.25) is 0 Å². The molecule has 0 aromatic heterocycles. The third-order valence-electron chi connectivity index (χ3n) is 2.64. The lowest BCUT2D eigenvalue weighted by Crippen LogP contribution is -2.11. The first-order chi connectivity index (χ1) is 8.59. The van der Waals surface area contributed by atoms with E-state index in [1.807, 2.05) is 37.4 Å². The van der Waals surface area contributed by atoms with Crippen molar-refractivity contribution in [3.63, 3.8) is 0 Å². The minimum absolute atomic E-state index is 0.0794. The standard InChI is InChI=1S/C13H11BrN2O2/c1-15(11-5-3-2-4-6-11)12-8-7-10(14)9-13(12)16(17)18/h2-9H,1H3. The summed E-state index contributed by atoms with van der Waals surface area (Å²) in [5.74, 6) is 0. The van der Waals surface area contributed by atoms with Crippen molar-refractivity contribution in [2.45, 2.75) is 0 Å². The summed E-state index contributed by atoms with van der Waals surface area (Å²) < 4.78 is 0.694. The van der Waals surface area contributed by atoms with Crippen molar-refractivity contribution in [2.75, 3.05) is 11.9 Å². The number of hydrogen-bond donors (Lipinski definition) is 0. The van der Waals surface area contributed by atoms with E-state index in [9.17, 15) is 10.1 Å². The van der Waals surface area contributed by atoms with E-state index in [0.717, 1.165) is 5.69 Å². The molecule has 0 atom stereocenters. The van der Waals surface area contributed by atoms with Crippen LogP contribution >= 0.6 is 15.9 Å². The molecule has 18 heavy (non-hydrogen) atoms. The van der Waals surface area contributed by atoms with E-state index >= 15 is 0 Å². The number of benzene rings is 2. The second kappa shape index (κ2) is 5.18. The summed E-state index contributed by atoms with van der Waals surface area (Å²) in [6.45, 7) is 0. The van der Waals surface area contributed by atoms with Gasteiger partial charge in [0.25, 0.3) is 5.69 Å². The van der Waals surface area contributed by atoms with Gasteiger partial charge < -0.3 is 4.90 Å². The van der Waals surface area contributed by atoms with Gasteiger partial charge in [-0.15, -0.1) is 0 Å². The summed E-state index contributed by atoms with van der Waals surface area (Å²) in [4.78, 5) is 12.5. The molecule has 0 spiro atoms. The van der Waals surface area contributed by atoms with Crippen LogP contribution in [0.15, 0.2) is 53.0 Å². The first kappa shape index (κ1) is 12.6. The lowest BCUT2D eigenvalue weighted by atomic mass is 10.2. The number of nitro groups is 1. The van der Waals surface area contributed by atoms with Crippen LogP contribution in [0.3, 0.4) is 0 Å². The summed E-state index contributed by atoms with van der Waals surface area (Å²) in [5, 5.41) is 11.1. The molecule has 0 heterocycles. The first-order valence-electron chi connectivity index (χ1n) is 5.32. The zero-order chi connectivity index (χ0) is 13.1. The molecule has 0 radical (unpaired) electrons. The number of halogens is 1. The molecule has 5 heteroatoms. The van der Waals surface area contributed by atoms with Gasteiger partial charge in [-0.3, -0.25) is 10.1 Å². The fourth-order valence-electron chi connectivity index (χ4n) is 1.72. The Morgan fingerprint density at radius 2 is 1.83 bits per heavy atom. The van der Waals surface area contributed by atoms with Crippen LogP contribution in [0.5, 0.6) is 0 Å². The first-order valence-corrected chi connectivity index (χ1v) is 6.11. The van der Waals surface area contributed by atoms with Crippen LogP contribution in [0.2, 0.25) is 0 Å². The van der Waals surface area contributed by atoms with Gasteiger partial charge in [0.1, 0.15) is 5.69 Å². The van der Waals surface area contributed by atoms with E-state index in [-0.39, 0.29) is 10.6 Å². The molecule has 4 nitrogen and oxygen atoms in total. The van der Waals surface area contributed by atoms with Crippen LogP contribution in [0.4, 0.5) is 17.1 Å². The van der Waals surface area contributed by atoms with Crippen molar-refractivity contribution in [3.05, 3.63) is 63.1 Å². The highest BCUT2D eigenvalue weighted by Crippen LogP contribution is 2.34. The molecule has 2 aromatic rings. The molecule has 0 fully saturated rings. The van der Waals surface area contributed by atoms with Crippen LogP contribution in [0, 0.1) is 10.1 Å². The lowest BCUT2D eigenvalue weighted by molar-refractivity contribution is -0.384. The van der Waals surface area contributed by atoms with Gasteiger partial charge in [-0.25, -0.2) is 0 Å². The predicted octanol–water partition coefficient (Wildman–Crippen LogP) is 4.13. The number of anilines is 2. The molecule has 0 bridgehead atoms. The Hall–Kier alpha value is -1.88. The van der Waals surface area contributed by atoms with Crippen LogP contribution < -0.4 is 4.90 Å². The molecule has 0 amide bonds. The van der Waals surface area contributed by atoms with E-state index in [4.69, 9.17) is 0 Å². The van der Waals surface area contributed by atoms with Crippen LogP contribution in [0.1, 0.15) is 0 Å². The maximum atomic E-state index is 11.1. The minimum Gasteiger partial charge on any atom is -0.339 e. The quantitative estimate of drug-likeness (QED) is 0.633. The summed E-state index contributed by atoms with van der Waals surface area (Å²) >= 11 is 3.25. The molecule has 0 aliphatic heterocycles. The summed E-state index contributed by atoms with van der Waals surface area (Å²) in [7, 11) is 1.81. The number of nitro benzene ring substituents is 1. The van der Waals surface area contributed by atoms with Gasteiger partial charge >= 0.3 is 0 Å². The van der Waals surface area contributed by atoms with Gasteiger partial charge in [0, 0.05) is 23.3 Å². The Morgan fingerprint density at radius 3 is 2.44 bits per heavy atom. The van der Waals surface area contributed by atoms with Gasteiger partial charge in [0.05, 0.1) is 4.92 Å². The molecule has 0 N–H and O–H groups in total. The molecule has 92 valence electrons. The summed E-state index contributed by atoms with van der Waals surface area (Å²) in [5.41, 5.74) is 1.55. The van der Waals surface area contributed by atoms with E-state index in [1.54, 1.807) is 17.0 Å². The Balaban J connectivity index is 2.48. The van der Waals surface area contributed by atoms with Crippen molar-refractivity contribution >= 4 is 33.0 Å². The molecular weight excluding hydrogens is 296 g/mol. The van der Waals surface area contributed by atoms with E-state index in [0.29, 0.717) is 10.2 Å². The maximum absolute atomic E-state index is 11.1. The normalized spacial score (nSPS) is 10.1. The highest BCUT2D eigenvalue weighted by atomic mass is 79.9. The average molecular weight is 307 g/mol. The second-order valence-electron chi connectivity index (χ2n) is 3.78. The van der Waals surface area contributed by atoms with E-state index < -0.39 is 0 Å². The molecular formula is C13H11BrN2O2. The van der Waals surface area contributed by atoms with Crippen LogP contribution in [-0.4, -0.2) is 12.0 Å². The fourth-order valence-corrected chi connectivity index (χ4v) is 2.07. The number of nitrogens with zero attached hydrogens (tertiary/aromatic N) is 2. The second-order valence-corrected chi connectivity index (χ2v) is 4.70. The van der Waals surface area contributed by atoms with Crippen molar-refractivity contribution < 1.29 is 4.92 Å². The van der Waals surface area contributed by atoms with Gasteiger partial charge in [-0.05, 0) is 24.3 Å². The number of rotatable bonds is 3. The van der Waals surface area contributed by atoms with Crippen molar-refractivity contribution in [1.29, 1.82) is 0 Å². The Bertz CT molecular complexity index is 572. The van der Waals surface area contributed by atoms with Crippen molar-refractivity contribution in [3.8, 4) is 0 Å². The minimum atomic E-state index is -0.375. The van der Waals surface area contributed by atoms with Gasteiger partial charge in [-0.1, -0.05) is 34.1 Å². The highest BCUT2D eigenvalue weighted by molar-refractivity contribution is 9.10. The summed E-state index contributed by atoms with van der Waals surface area (Å²) in [6, 6.07) is 14.6. The summed E-state index contributed by atoms with van der Waals surface area (Å²) in [6.07, 6.45) is 0. The third kappa shape index (κ3) is 2.51. The Kier molecular flexibility index (Phi) is 3.62. The van der Waals surface area contributed by atoms with E-state index in [2.05, 4.69) is 15.9 Å². The Labute approximate surface area is 113 Å². The average Bonchev–Trinajstić information content (AvgIpc) is 2.39. The molecule has 0 aliphatic carbocycles. The topological polar surface area (TPSA) is 46.4 Å². The van der Waals surface area contributed by atoms with E-state index in [1.165, 1.54) is 6.07 Å². The van der Waals surface area contributed by atoms with Crippen molar-refractivity contribution in [2.24, 2.45) is 0 Å². The van der Waals surface area contributed by atoms with Crippen molar-refractivity contribution in [1.82, 2.24) is 0 Å². The van der Waals surface area contributed by atoms with Crippen LogP contribution in [-0.2, 0) is 0 Å². The Morgan fingerprint density at radius 1 is 1.17 bits per heavy atom. The maximum Gasteiger partial charge on any atom is 0.293 e. The predicted molar refractivity (Wildman–Crippen MR) is 75.3 cm³/mol. The van der Waals surface area contributed by atoms with Crippen LogP contribution in [0.25, 0.3) is 0 Å². The fraction of sp³-hybridized carbons (Fsp3) is 0.0769.